The number of ether oxygens (including phenoxy) is 4. The highest BCUT2D eigenvalue weighted by molar-refractivity contribution is 5.95. The fraction of sp³-hybridized carbons (Fsp3) is 0.484. The standard InChI is InChI=1S/C31H37F3N2O6/c1-7-41-21-12-14-35(25(16-21)19-8-10-20(11-9-19)28(37)40-6)18-23-22-13-15-36(29(38)42-30(2,3)4)27(22)24(31(32,33)34)17-26(23)39-5/h8-11,13,15,17,21,25H,7,12,14,16,18H2,1-6H3/t21-,25-/m0/s1. The van der Waals surface area contributed by atoms with Gasteiger partial charge in [-0.15, -0.1) is 0 Å². The number of likely N-dealkylation sites (tertiary alicyclic amines) is 1. The lowest BCUT2D eigenvalue weighted by atomic mass is 9.91. The molecule has 8 nitrogen and oxygen atoms in total. The summed E-state index contributed by atoms with van der Waals surface area (Å²) in [5.41, 5.74) is -0.299. The van der Waals surface area contributed by atoms with Crippen LogP contribution in [-0.2, 0) is 26.9 Å². The number of methoxy groups -OCH3 is 2. The predicted octanol–water partition coefficient (Wildman–Crippen LogP) is 6.98. The third-order valence-corrected chi connectivity index (χ3v) is 7.30. The van der Waals surface area contributed by atoms with E-state index in [4.69, 9.17) is 18.9 Å². The molecule has 1 saturated heterocycles. The van der Waals surface area contributed by atoms with Crippen LogP contribution in [0.3, 0.4) is 0 Å². The second-order valence-corrected chi connectivity index (χ2v) is 11.2. The summed E-state index contributed by atoms with van der Waals surface area (Å²) < 4.78 is 65.6. The monoisotopic (exact) mass is 590 g/mol. The van der Waals surface area contributed by atoms with E-state index in [1.54, 1.807) is 32.9 Å². The van der Waals surface area contributed by atoms with E-state index in [-0.39, 0.29) is 35.3 Å². The molecule has 1 fully saturated rings. The number of rotatable bonds is 7. The van der Waals surface area contributed by atoms with E-state index in [1.807, 2.05) is 19.1 Å². The zero-order valence-electron chi connectivity index (χ0n) is 24.7. The highest BCUT2D eigenvalue weighted by Gasteiger charge is 2.38. The van der Waals surface area contributed by atoms with Gasteiger partial charge in [0.05, 0.1) is 37.0 Å². The van der Waals surface area contributed by atoms with Crippen LogP contribution in [0.4, 0.5) is 18.0 Å². The Balaban J connectivity index is 1.80. The number of fused-ring (bicyclic) bond motifs is 1. The number of esters is 1. The molecule has 0 aliphatic carbocycles. The van der Waals surface area contributed by atoms with E-state index in [9.17, 15) is 22.8 Å². The van der Waals surface area contributed by atoms with Gasteiger partial charge in [-0.1, -0.05) is 12.1 Å². The summed E-state index contributed by atoms with van der Waals surface area (Å²) in [4.78, 5) is 27.1. The summed E-state index contributed by atoms with van der Waals surface area (Å²) in [5.74, 6) is -0.371. The molecule has 228 valence electrons. The first-order chi connectivity index (χ1) is 19.8. The van der Waals surface area contributed by atoms with Crippen molar-refractivity contribution in [3.05, 3.63) is 64.8 Å². The molecule has 0 amide bonds. The number of piperidine rings is 1. The van der Waals surface area contributed by atoms with Crippen molar-refractivity contribution in [3.63, 3.8) is 0 Å². The van der Waals surface area contributed by atoms with Gasteiger partial charge in [-0.3, -0.25) is 9.47 Å². The predicted molar refractivity (Wildman–Crippen MR) is 151 cm³/mol. The van der Waals surface area contributed by atoms with Crippen LogP contribution in [0.25, 0.3) is 10.9 Å². The fourth-order valence-corrected chi connectivity index (χ4v) is 5.46. The minimum absolute atomic E-state index is 0.000643. The van der Waals surface area contributed by atoms with Gasteiger partial charge in [0.15, 0.2) is 0 Å². The number of carbonyl (C=O) groups excluding carboxylic acids is 2. The van der Waals surface area contributed by atoms with Crippen LogP contribution in [-0.4, -0.2) is 60.6 Å². The molecule has 0 unspecified atom stereocenters. The van der Waals surface area contributed by atoms with Gasteiger partial charge in [-0.2, -0.15) is 13.2 Å². The van der Waals surface area contributed by atoms with Crippen molar-refractivity contribution in [2.75, 3.05) is 27.4 Å². The van der Waals surface area contributed by atoms with Crippen LogP contribution < -0.4 is 4.74 Å². The quantitative estimate of drug-likeness (QED) is 0.275. The Kier molecular flexibility index (Phi) is 9.22. The molecular weight excluding hydrogens is 553 g/mol. The van der Waals surface area contributed by atoms with E-state index < -0.39 is 29.4 Å². The molecular formula is C31H37F3N2O6. The van der Waals surface area contributed by atoms with Crippen LogP contribution >= 0.6 is 0 Å². The average molecular weight is 591 g/mol. The molecule has 2 heterocycles. The number of hydrogen-bond donors (Lipinski definition) is 0. The summed E-state index contributed by atoms with van der Waals surface area (Å²) in [6, 6.07) is 9.40. The molecule has 0 saturated carbocycles. The van der Waals surface area contributed by atoms with Crippen molar-refractivity contribution >= 4 is 23.0 Å². The van der Waals surface area contributed by atoms with Crippen molar-refractivity contribution in [3.8, 4) is 5.75 Å². The maximum absolute atomic E-state index is 14.3. The van der Waals surface area contributed by atoms with E-state index in [0.29, 0.717) is 30.7 Å². The number of aromatic nitrogens is 1. The molecule has 0 radical (unpaired) electrons. The van der Waals surface area contributed by atoms with E-state index in [1.165, 1.54) is 26.5 Å². The molecule has 0 spiro atoms. The van der Waals surface area contributed by atoms with Crippen LogP contribution in [0.5, 0.6) is 5.75 Å². The van der Waals surface area contributed by atoms with Crippen LogP contribution in [0.2, 0.25) is 0 Å². The molecule has 3 aromatic rings. The smallest absolute Gasteiger partial charge is 0.419 e. The lowest BCUT2D eigenvalue weighted by Gasteiger charge is -2.40. The van der Waals surface area contributed by atoms with E-state index in [0.717, 1.165) is 22.6 Å². The Morgan fingerprint density at radius 2 is 1.74 bits per heavy atom. The minimum Gasteiger partial charge on any atom is -0.496 e. The number of carbonyl (C=O) groups is 2. The van der Waals surface area contributed by atoms with Gasteiger partial charge >= 0.3 is 18.2 Å². The molecule has 11 heteroatoms. The minimum atomic E-state index is -4.75. The summed E-state index contributed by atoms with van der Waals surface area (Å²) in [6.07, 6.45) is -2.96. The van der Waals surface area contributed by atoms with Crippen LogP contribution in [0, 0.1) is 0 Å². The first-order valence-corrected chi connectivity index (χ1v) is 13.8. The Labute approximate surface area is 243 Å². The van der Waals surface area contributed by atoms with Crippen LogP contribution in [0.15, 0.2) is 42.6 Å². The van der Waals surface area contributed by atoms with Crippen molar-refractivity contribution in [2.45, 2.75) is 71.0 Å². The Morgan fingerprint density at radius 1 is 1.05 bits per heavy atom. The fourth-order valence-electron chi connectivity index (χ4n) is 5.46. The lowest BCUT2D eigenvalue weighted by Crippen LogP contribution is -2.39. The molecule has 1 aliphatic heterocycles. The SMILES string of the molecule is CCO[C@H]1CCN(Cc2c(OC)cc(C(F)(F)F)c3c2ccn3C(=O)OC(C)(C)C)[C@H](c2ccc(C(=O)OC)cc2)C1. The number of nitrogens with zero attached hydrogens (tertiary/aromatic N) is 2. The number of alkyl halides is 3. The van der Waals surface area contributed by atoms with Crippen molar-refractivity contribution in [2.24, 2.45) is 0 Å². The molecule has 1 aliphatic rings. The van der Waals surface area contributed by atoms with Crippen molar-refractivity contribution < 1.29 is 41.7 Å². The number of benzene rings is 2. The highest BCUT2D eigenvalue weighted by Crippen LogP contribution is 2.43. The molecule has 2 atom stereocenters. The molecule has 0 N–H and O–H groups in total. The van der Waals surface area contributed by atoms with E-state index in [2.05, 4.69) is 4.90 Å². The van der Waals surface area contributed by atoms with Crippen LogP contribution in [0.1, 0.15) is 73.6 Å². The Hall–Kier alpha value is -3.57. The molecule has 0 bridgehead atoms. The number of halogens is 3. The van der Waals surface area contributed by atoms with E-state index >= 15 is 0 Å². The summed E-state index contributed by atoms with van der Waals surface area (Å²) >= 11 is 0. The van der Waals surface area contributed by atoms with Crippen molar-refractivity contribution in [1.29, 1.82) is 0 Å². The maximum Gasteiger partial charge on any atom is 0.419 e. The zero-order chi connectivity index (χ0) is 30.8. The van der Waals surface area contributed by atoms with Gasteiger partial charge < -0.3 is 18.9 Å². The topological polar surface area (TPSA) is 79.2 Å². The van der Waals surface area contributed by atoms with Gasteiger partial charge in [0, 0.05) is 42.9 Å². The Bertz CT molecular complexity index is 1430. The zero-order valence-corrected chi connectivity index (χ0v) is 24.7. The molecule has 4 rings (SSSR count). The third-order valence-electron chi connectivity index (χ3n) is 7.30. The normalized spacial score (nSPS) is 18.2. The van der Waals surface area contributed by atoms with Gasteiger partial charge in [-0.05, 0) is 70.4 Å². The summed E-state index contributed by atoms with van der Waals surface area (Å²) in [6.45, 7) is 8.30. The Morgan fingerprint density at radius 3 is 2.31 bits per heavy atom. The van der Waals surface area contributed by atoms with Gasteiger partial charge in [0.2, 0.25) is 0 Å². The summed E-state index contributed by atoms with van der Waals surface area (Å²) in [7, 11) is 2.65. The van der Waals surface area contributed by atoms with Gasteiger partial charge in [0.25, 0.3) is 0 Å². The summed E-state index contributed by atoms with van der Waals surface area (Å²) in [5, 5.41) is 0.249. The van der Waals surface area contributed by atoms with Crippen molar-refractivity contribution in [1.82, 2.24) is 9.47 Å². The number of hydrogen-bond acceptors (Lipinski definition) is 7. The average Bonchev–Trinajstić information content (AvgIpc) is 3.37. The molecule has 2 aromatic carbocycles. The lowest BCUT2D eigenvalue weighted by molar-refractivity contribution is -0.136. The highest BCUT2D eigenvalue weighted by atomic mass is 19.4. The van der Waals surface area contributed by atoms with Gasteiger partial charge in [-0.25, -0.2) is 9.59 Å². The third kappa shape index (κ3) is 6.73. The van der Waals surface area contributed by atoms with Gasteiger partial charge in [0.1, 0.15) is 11.4 Å². The second-order valence-electron chi connectivity index (χ2n) is 11.2. The first-order valence-electron chi connectivity index (χ1n) is 13.8. The maximum atomic E-state index is 14.3. The molecule has 42 heavy (non-hydrogen) atoms. The largest absolute Gasteiger partial charge is 0.496 e. The molecule has 1 aromatic heterocycles. The first kappa shape index (κ1) is 31.4. The second kappa shape index (κ2) is 12.3.